The largest absolute Gasteiger partial charge is 0.496 e. The fourth-order valence-corrected chi connectivity index (χ4v) is 3.90. The fourth-order valence-electron chi connectivity index (χ4n) is 2.75. The van der Waals surface area contributed by atoms with Crippen molar-refractivity contribution < 1.29 is 4.74 Å². The molecular formula is C16H22N2OS. The van der Waals surface area contributed by atoms with E-state index in [1.165, 1.54) is 25.0 Å². The minimum Gasteiger partial charge on any atom is -0.496 e. The van der Waals surface area contributed by atoms with Crippen LogP contribution in [0.1, 0.15) is 37.3 Å². The zero-order valence-corrected chi connectivity index (χ0v) is 13.0. The Morgan fingerprint density at radius 2 is 2.30 bits per heavy atom. The minimum atomic E-state index is 0.592. The molecule has 0 bridgehead atoms. The van der Waals surface area contributed by atoms with Crippen LogP contribution in [0.2, 0.25) is 0 Å². The number of ether oxygens (including phenoxy) is 1. The van der Waals surface area contributed by atoms with E-state index in [4.69, 9.17) is 10.00 Å². The van der Waals surface area contributed by atoms with E-state index in [0.717, 1.165) is 23.1 Å². The smallest absolute Gasteiger partial charge is 0.123 e. The fraction of sp³-hybridized carbons (Fsp3) is 0.562. The third-order valence-electron chi connectivity index (χ3n) is 3.78. The van der Waals surface area contributed by atoms with Crippen LogP contribution in [-0.2, 0) is 6.54 Å². The Hall–Kier alpha value is -1.18. The van der Waals surface area contributed by atoms with Gasteiger partial charge in [0.1, 0.15) is 5.75 Å². The first kappa shape index (κ1) is 15.2. The van der Waals surface area contributed by atoms with Gasteiger partial charge in [-0.1, -0.05) is 6.92 Å². The standard InChI is InChI=1S/C16H22N2OS/c1-3-20-15-6-5-14(9-15)18-11-13-8-12(10-17)4-7-16(13)19-2/h4,7-8,14-15,18H,3,5-6,9,11H2,1-2H3. The maximum Gasteiger partial charge on any atom is 0.123 e. The normalized spacial score (nSPS) is 21.6. The van der Waals surface area contributed by atoms with Crippen molar-refractivity contribution in [1.29, 1.82) is 5.26 Å². The van der Waals surface area contributed by atoms with Gasteiger partial charge in [0.05, 0.1) is 18.7 Å². The second kappa shape index (κ2) is 7.56. The lowest BCUT2D eigenvalue weighted by Crippen LogP contribution is -2.26. The molecule has 0 saturated heterocycles. The highest BCUT2D eigenvalue weighted by Crippen LogP contribution is 2.30. The van der Waals surface area contributed by atoms with Gasteiger partial charge in [0.25, 0.3) is 0 Å². The number of hydrogen-bond acceptors (Lipinski definition) is 4. The van der Waals surface area contributed by atoms with Crippen molar-refractivity contribution in [2.45, 2.75) is 44.0 Å². The van der Waals surface area contributed by atoms with Gasteiger partial charge in [0.2, 0.25) is 0 Å². The third-order valence-corrected chi connectivity index (χ3v) is 5.01. The molecule has 4 heteroatoms. The minimum absolute atomic E-state index is 0.592. The molecule has 0 aromatic heterocycles. The third kappa shape index (κ3) is 3.91. The number of rotatable bonds is 6. The van der Waals surface area contributed by atoms with Gasteiger partial charge >= 0.3 is 0 Å². The Bertz CT molecular complexity index is 484. The summed E-state index contributed by atoms with van der Waals surface area (Å²) in [5, 5.41) is 13.4. The van der Waals surface area contributed by atoms with Gasteiger partial charge in [-0.25, -0.2) is 0 Å². The Morgan fingerprint density at radius 1 is 1.45 bits per heavy atom. The lowest BCUT2D eigenvalue weighted by molar-refractivity contribution is 0.405. The average Bonchev–Trinajstić information content (AvgIpc) is 2.93. The Kier molecular flexibility index (Phi) is 5.75. The summed E-state index contributed by atoms with van der Waals surface area (Å²) in [6, 6.07) is 8.36. The molecule has 1 aliphatic carbocycles. The van der Waals surface area contributed by atoms with Crippen LogP contribution in [0.5, 0.6) is 5.75 Å². The van der Waals surface area contributed by atoms with Crippen molar-refractivity contribution in [3.63, 3.8) is 0 Å². The first-order chi connectivity index (χ1) is 9.76. The summed E-state index contributed by atoms with van der Waals surface area (Å²) in [6.07, 6.45) is 3.81. The molecule has 3 nitrogen and oxygen atoms in total. The Morgan fingerprint density at radius 3 is 3.00 bits per heavy atom. The van der Waals surface area contributed by atoms with Gasteiger partial charge in [0, 0.05) is 23.4 Å². The number of hydrogen-bond donors (Lipinski definition) is 1. The van der Waals surface area contributed by atoms with Crippen molar-refractivity contribution in [1.82, 2.24) is 5.32 Å². The Balaban J connectivity index is 1.92. The van der Waals surface area contributed by atoms with E-state index in [2.05, 4.69) is 30.1 Å². The summed E-state index contributed by atoms with van der Waals surface area (Å²) in [5.74, 6) is 2.06. The number of nitriles is 1. The first-order valence-electron chi connectivity index (χ1n) is 7.18. The summed E-state index contributed by atoms with van der Waals surface area (Å²) in [7, 11) is 1.67. The highest BCUT2D eigenvalue weighted by Gasteiger charge is 2.24. The van der Waals surface area contributed by atoms with Crippen molar-refractivity contribution >= 4 is 11.8 Å². The van der Waals surface area contributed by atoms with Crippen molar-refractivity contribution in [3.8, 4) is 11.8 Å². The van der Waals surface area contributed by atoms with E-state index in [-0.39, 0.29) is 0 Å². The second-order valence-corrected chi connectivity index (χ2v) is 6.68. The lowest BCUT2D eigenvalue weighted by Gasteiger charge is -2.15. The predicted molar refractivity (Wildman–Crippen MR) is 84.1 cm³/mol. The molecule has 108 valence electrons. The highest BCUT2D eigenvalue weighted by molar-refractivity contribution is 7.99. The van der Waals surface area contributed by atoms with Gasteiger partial charge in [-0.2, -0.15) is 17.0 Å². The molecule has 1 saturated carbocycles. The summed E-state index contributed by atoms with van der Waals surface area (Å²) >= 11 is 2.07. The predicted octanol–water partition coefficient (Wildman–Crippen LogP) is 3.33. The van der Waals surface area contributed by atoms with E-state index >= 15 is 0 Å². The monoisotopic (exact) mass is 290 g/mol. The molecule has 0 radical (unpaired) electrons. The first-order valence-corrected chi connectivity index (χ1v) is 8.23. The van der Waals surface area contributed by atoms with Crippen LogP contribution in [0.25, 0.3) is 0 Å². The Labute approximate surface area is 125 Å². The number of methoxy groups -OCH3 is 1. The summed E-state index contributed by atoms with van der Waals surface area (Å²) in [5.41, 5.74) is 1.76. The topological polar surface area (TPSA) is 45.0 Å². The molecule has 0 spiro atoms. The molecule has 0 aliphatic heterocycles. The molecule has 1 aliphatic rings. The van der Waals surface area contributed by atoms with Crippen LogP contribution >= 0.6 is 11.8 Å². The van der Waals surface area contributed by atoms with E-state index in [1.54, 1.807) is 13.2 Å². The van der Waals surface area contributed by atoms with Crippen LogP contribution < -0.4 is 10.1 Å². The number of thioether (sulfide) groups is 1. The molecule has 20 heavy (non-hydrogen) atoms. The molecule has 0 amide bonds. The highest BCUT2D eigenvalue weighted by atomic mass is 32.2. The molecule has 1 fully saturated rings. The van der Waals surface area contributed by atoms with Crippen LogP contribution in [0.15, 0.2) is 18.2 Å². The van der Waals surface area contributed by atoms with Gasteiger partial charge in [-0.3, -0.25) is 0 Å². The van der Waals surface area contributed by atoms with Gasteiger partial charge in [-0.15, -0.1) is 0 Å². The zero-order valence-electron chi connectivity index (χ0n) is 12.2. The van der Waals surface area contributed by atoms with Crippen molar-refractivity contribution in [2.75, 3.05) is 12.9 Å². The maximum absolute atomic E-state index is 8.99. The quantitative estimate of drug-likeness (QED) is 0.873. The maximum atomic E-state index is 8.99. The SMILES string of the molecule is CCSC1CCC(NCc2cc(C#N)ccc2OC)C1. The van der Waals surface area contributed by atoms with Gasteiger partial charge in [-0.05, 0) is 43.2 Å². The van der Waals surface area contributed by atoms with E-state index in [1.807, 2.05) is 12.1 Å². The van der Waals surface area contributed by atoms with Crippen LogP contribution in [0, 0.1) is 11.3 Å². The van der Waals surface area contributed by atoms with Crippen molar-refractivity contribution in [2.24, 2.45) is 0 Å². The van der Waals surface area contributed by atoms with Gasteiger partial charge in [0.15, 0.2) is 0 Å². The molecule has 1 N–H and O–H groups in total. The molecular weight excluding hydrogens is 268 g/mol. The number of nitrogens with one attached hydrogen (secondary N) is 1. The summed E-state index contributed by atoms with van der Waals surface area (Å²) in [4.78, 5) is 0. The van der Waals surface area contributed by atoms with Crippen LogP contribution in [-0.4, -0.2) is 24.2 Å². The molecule has 1 aromatic carbocycles. The van der Waals surface area contributed by atoms with E-state index in [0.29, 0.717) is 11.6 Å². The molecule has 1 aromatic rings. The molecule has 0 heterocycles. The molecule has 2 unspecified atom stereocenters. The number of nitrogens with zero attached hydrogens (tertiary/aromatic N) is 1. The summed E-state index contributed by atoms with van der Waals surface area (Å²) in [6.45, 7) is 3.00. The average molecular weight is 290 g/mol. The van der Waals surface area contributed by atoms with Crippen LogP contribution in [0.3, 0.4) is 0 Å². The van der Waals surface area contributed by atoms with E-state index < -0.39 is 0 Å². The summed E-state index contributed by atoms with van der Waals surface area (Å²) < 4.78 is 5.37. The second-order valence-electron chi connectivity index (χ2n) is 5.11. The zero-order chi connectivity index (χ0) is 14.4. The van der Waals surface area contributed by atoms with E-state index in [9.17, 15) is 0 Å². The number of benzene rings is 1. The molecule has 2 rings (SSSR count). The van der Waals surface area contributed by atoms with Crippen molar-refractivity contribution in [3.05, 3.63) is 29.3 Å². The van der Waals surface area contributed by atoms with Gasteiger partial charge < -0.3 is 10.1 Å². The lowest BCUT2D eigenvalue weighted by atomic mass is 10.1. The molecule has 2 atom stereocenters. The van der Waals surface area contributed by atoms with Crippen LogP contribution in [0.4, 0.5) is 0 Å².